The van der Waals surface area contributed by atoms with Crippen LogP contribution in [-0.4, -0.2) is 43.8 Å². The lowest BCUT2D eigenvalue weighted by Crippen LogP contribution is -2.53. The maximum Gasteiger partial charge on any atom is 0.264 e. The molecule has 0 spiro atoms. The van der Waals surface area contributed by atoms with E-state index in [1.807, 2.05) is 33.8 Å². The average molecular weight is 645 g/mol. The highest BCUT2D eigenvalue weighted by atomic mass is 35.5. The lowest BCUT2D eigenvalue weighted by atomic mass is 10.1. The number of carbonyl (C=O) groups excluding carboxylic acids is 2. The first-order valence-electron chi connectivity index (χ1n) is 14.6. The fourth-order valence-electron chi connectivity index (χ4n) is 5.60. The number of amides is 2. The summed E-state index contributed by atoms with van der Waals surface area (Å²) in [6.45, 7) is 6.88. The standard InChI is InChI=1S/C33H39Cl2N3O4S/c1-5-31(33(40)36-25-9-6-7-10-25)37(20-28-29(34)11-8-12-30(28)35)32(39)21-38(26-18-23(3)17-24(4)19-26)43(41,42)27-15-13-22(2)14-16-27/h8,11-19,25,31H,5-7,9-10,20-21H2,1-4H3,(H,36,40)/t31-/m0/s1. The molecular weight excluding hydrogens is 605 g/mol. The maximum atomic E-state index is 14.4. The normalized spacial score (nSPS) is 14.4. The van der Waals surface area contributed by atoms with Gasteiger partial charge in [0.05, 0.1) is 10.6 Å². The molecule has 0 saturated heterocycles. The third kappa shape index (κ3) is 7.91. The number of nitrogens with zero attached hydrogens (tertiary/aromatic N) is 2. The molecule has 43 heavy (non-hydrogen) atoms. The molecule has 0 heterocycles. The molecule has 4 rings (SSSR count). The molecule has 3 aromatic carbocycles. The zero-order chi connectivity index (χ0) is 31.3. The summed E-state index contributed by atoms with van der Waals surface area (Å²) in [5, 5.41) is 3.82. The molecule has 1 atom stereocenters. The Morgan fingerprint density at radius 3 is 2.05 bits per heavy atom. The molecule has 2 amide bonds. The van der Waals surface area contributed by atoms with Crippen LogP contribution in [0.15, 0.2) is 65.6 Å². The van der Waals surface area contributed by atoms with Crippen LogP contribution in [-0.2, 0) is 26.2 Å². The van der Waals surface area contributed by atoms with Gasteiger partial charge in [0, 0.05) is 28.2 Å². The van der Waals surface area contributed by atoms with Crippen molar-refractivity contribution in [3.05, 3.63) is 93.0 Å². The summed E-state index contributed by atoms with van der Waals surface area (Å²) in [5.74, 6) is -0.815. The van der Waals surface area contributed by atoms with Crippen molar-refractivity contribution in [2.24, 2.45) is 0 Å². The minimum absolute atomic E-state index is 0.0519. The van der Waals surface area contributed by atoms with Crippen molar-refractivity contribution >= 4 is 50.7 Å². The summed E-state index contributed by atoms with van der Waals surface area (Å²) in [7, 11) is -4.16. The lowest BCUT2D eigenvalue weighted by molar-refractivity contribution is -0.140. The quantitative estimate of drug-likeness (QED) is 0.244. The molecule has 0 unspecified atom stereocenters. The highest BCUT2D eigenvalue weighted by Crippen LogP contribution is 2.30. The summed E-state index contributed by atoms with van der Waals surface area (Å²) in [6, 6.07) is 16.2. The van der Waals surface area contributed by atoms with Gasteiger partial charge in [-0.05, 0) is 87.6 Å². The lowest BCUT2D eigenvalue weighted by Gasteiger charge is -2.34. The Labute approximate surface area is 265 Å². The molecule has 1 fully saturated rings. The van der Waals surface area contributed by atoms with E-state index in [1.165, 1.54) is 17.0 Å². The van der Waals surface area contributed by atoms with E-state index >= 15 is 0 Å². The predicted octanol–water partition coefficient (Wildman–Crippen LogP) is 6.98. The van der Waals surface area contributed by atoms with Gasteiger partial charge in [-0.2, -0.15) is 0 Å². The molecule has 0 aliphatic heterocycles. The molecule has 10 heteroatoms. The van der Waals surface area contributed by atoms with Crippen LogP contribution in [0.2, 0.25) is 10.0 Å². The molecule has 0 aromatic heterocycles. The van der Waals surface area contributed by atoms with Crippen LogP contribution in [0.5, 0.6) is 0 Å². The summed E-state index contributed by atoms with van der Waals surface area (Å²) in [5.41, 5.74) is 3.48. The Balaban J connectivity index is 1.77. The molecular formula is C33H39Cl2N3O4S. The third-order valence-electron chi connectivity index (χ3n) is 7.86. The number of sulfonamides is 1. The van der Waals surface area contributed by atoms with Gasteiger partial charge < -0.3 is 10.2 Å². The van der Waals surface area contributed by atoms with Crippen LogP contribution >= 0.6 is 23.2 Å². The van der Waals surface area contributed by atoms with Crippen molar-refractivity contribution < 1.29 is 18.0 Å². The van der Waals surface area contributed by atoms with Gasteiger partial charge in [-0.3, -0.25) is 13.9 Å². The number of nitrogens with one attached hydrogen (secondary N) is 1. The molecule has 7 nitrogen and oxygen atoms in total. The number of anilines is 1. The number of halogens is 2. The van der Waals surface area contributed by atoms with E-state index in [0.717, 1.165) is 46.7 Å². The Bertz CT molecular complexity index is 1530. The first-order valence-corrected chi connectivity index (χ1v) is 16.8. The molecule has 1 aliphatic rings. The van der Waals surface area contributed by atoms with Crippen LogP contribution in [0.1, 0.15) is 61.3 Å². The summed E-state index contributed by atoms with van der Waals surface area (Å²) in [6.07, 6.45) is 4.19. The SMILES string of the molecule is CC[C@@H](C(=O)NC1CCCC1)N(Cc1c(Cl)cccc1Cl)C(=O)CN(c1cc(C)cc(C)c1)S(=O)(=O)c1ccc(C)cc1. The van der Waals surface area contributed by atoms with Gasteiger partial charge in [-0.25, -0.2) is 8.42 Å². The topological polar surface area (TPSA) is 86.8 Å². The average Bonchev–Trinajstić information content (AvgIpc) is 3.45. The molecule has 230 valence electrons. The number of hydrogen-bond donors (Lipinski definition) is 1. The largest absolute Gasteiger partial charge is 0.352 e. The first kappa shape index (κ1) is 32.8. The van der Waals surface area contributed by atoms with Crippen molar-refractivity contribution in [2.75, 3.05) is 10.8 Å². The summed E-state index contributed by atoms with van der Waals surface area (Å²) in [4.78, 5) is 29.5. The summed E-state index contributed by atoms with van der Waals surface area (Å²) >= 11 is 13.0. The number of benzene rings is 3. The number of hydrogen-bond acceptors (Lipinski definition) is 4. The second-order valence-corrected chi connectivity index (χ2v) is 14.0. The van der Waals surface area contributed by atoms with Crippen LogP contribution in [0.4, 0.5) is 5.69 Å². The van der Waals surface area contributed by atoms with Gasteiger partial charge in [-0.15, -0.1) is 0 Å². The van der Waals surface area contributed by atoms with E-state index in [1.54, 1.807) is 42.5 Å². The zero-order valence-electron chi connectivity index (χ0n) is 25.1. The van der Waals surface area contributed by atoms with Gasteiger partial charge in [-0.1, -0.05) is 72.8 Å². The predicted molar refractivity (Wildman–Crippen MR) is 173 cm³/mol. The number of aryl methyl sites for hydroxylation is 3. The van der Waals surface area contributed by atoms with E-state index in [0.29, 0.717) is 27.7 Å². The van der Waals surface area contributed by atoms with Crippen LogP contribution in [0, 0.1) is 20.8 Å². The fraction of sp³-hybridized carbons (Fsp3) is 0.394. The van der Waals surface area contributed by atoms with Gasteiger partial charge in [0.25, 0.3) is 10.0 Å². The van der Waals surface area contributed by atoms with Crippen LogP contribution in [0.25, 0.3) is 0 Å². The van der Waals surface area contributed by atoms with Gasteiger partial charge in [0.1, 0.15) is 12.6 Å². The highest BCUT2D eigenvalue weighted by molar-refractivity contribution is 7.92. The first-order chi connectivity index (χ1) is 20.4. The fourth-order valence-corrected chi connectivity index (χ4v) is 7.52. The van der Waals surface area contributed by atoms with Gasteiger partial charge >= 0.3 is 0 Å². The molecule has 1 N–H and O–H groups in total. The van der Waals surface area contributed by atoms with Crippen molar-refractivity contribution in [1.29, 1.82) is 0 Å². The zero-order valence-corrected chi connectivity index (χ0v) is 27.4. The third-order valence-corrected chi connectivity index (χ3v) is 10.4. The Morgan fingerprint density at radius 2 is 1.49 bits per heavy atom. The summed E-state index contributed by atoms with van der Waals surface area (Å²) < 4.78 is 29.4. The van der Waals surface area contributed by atoms with E-state index < -0.39 is 28.5 Å². The Morgan fingerprint density at radius 1 is 0.907 bits per heavy atom. The maximum absolute atomic E-state index is 14.4. The molecule has 1 aliphatic carbocycles. The smallest absolute Gasteiger partial charge is 0.264 e. The Kier molecular flexibility index (Phi) is 10.8. The van der Waals surface area contributed by atoms with Gasteiger partial charge in [0.15, 0.2) is 0 Å². The highest BCUT2D eigenvalue weighted by Gasteiger charge is 2.35. The monoisotopic (exact) mass is 643 g/mol. The van der Waals surface area contributed by atoms with Crippen LogP contribution in [0.3, 0.4) is 0 Å². The van der Waals surface area contributed by atoms with E-state index in [9.17, 15) is 18.0 Å². The van der Waals surface area contributed by atoms with Crippen molar-refractivity contribution in [3.8, 4) is 0 Å². The minimum Gasteiger partial charge on any atom is -0.352 e. The number of rotatable bonds is 11. The van der Waals surface area contributed by atoms with Crippen LogP contribution < -0.4 is 9.62 Å². The Hall–Kier alpha value is -3.07. The van der Waals surface area contributed by atoms with Crippen molar-refractivity contribution in [3.63, 3.8) is 0 Å². The molecule has 0 bridgehead atoms. The number of carbonyl (C=O) groups is 2. The second kappa shape index (κ2) is 14.1. The molecule has 0 radical (unpaired) electrons. The molecule has 3 aromatic rings. The van der Waals surface area contributed by atoms with E-state index in [2.05, 4.69) is 5.32 Å². The second-order valence-electron chi connectivity index (χ2n) is 11.3. The van der Waals surface area contributed by atoms with E-state index in [-0.39, 0.29) is 23.4 Å². The minimum atomic E-state index is -4.16. The molecule has 1 saturated carbocycles. The van der Waals surface area contributed by atoms with Crippen molar-refractivity contribution in [2.45, 2.75) is 83.3 Å². The van der Waals surface area contributed by atoms with Crippen molar-refractivity contribution in [1.82, 2.24) is 10.2 Å². The van der Waals surface area contributed by atoms with Gasteiger partial charge in [0.2, 0.25) is 11.8 Å². The van der Waals surface area contributed by atoms with E-state index in [4.69, 9.17) is 23.2 Å².